The number of phosphoric acid groups is 11. The largest absolute Gasteiger partial charge is 0.490 e. The Hall–Kier alpha value is -2.37. The third-order valence-corrected chi connectivity index (χ3v) is 45.9. The fourth-order valence-electron chi connectivity index (χ4n) is 16.3. The number of nitrogens with zero attached hydrogens (tertiary/aromatic N) is 5. The van der Waals surface area contributed by atoms with Crippen molar-refractivity contribution in [1.82, 2.24) is 24.5 Å². The summed E-state index contributed by atoms with van der Waals surface area (Å²) in [5, 5.41) is 0. The molecule has 29 unspecified atom stereocenters. The van der Waals surface area contributed by atoms with Crippen LogP contribution in [0, 0.1) is 56.7 Å². The highest BCUT2D eigenvalue weighted by Crippen LogP contribution is 2.73. The molecule has 10 aliphatic rings. The maximum atomic E-state index is 12.1. The van der Waals surface area contributed by atoms with Gasteiger partial charge in [-0.3, -0.25) is 40.9 Å². The number of rotatable bonds is 40. The summed E-state index contributed by atoms with van der Waals surface area (Å²) in [6, 6.07) is 0. The molecule has 0 spiro atoms. The highest BCUT2D eigenvalue weighted by molar-refractivity contribution is 7.70. The Labute approximate surface area is 865 Å². The highest BCUT2D eigenvalue weighted by atomic mass is 31.3. The Balaban J connectivity index is 0.000000284. The SMILES string of the molecule is C=C1C=C(C)C=CN1C1OC(COP(=O)(O)OP(=O)(O)OP(C)(=O)O)C(C)C1(C)C.C=C1C=CN(C2OC(COP(=O)(O)OP(=O)(O)OP(=O)(O)O)C(C)C2(C)C)C(=C)C1.C=C1C=CN(C2OC(COP(=O)(O)OP(=O)(O)OP(C)(=O)O)C(C)C2(C)C)C(=C)C1.C=C1CCC(C)=CN1C1OC(COP(=O)(O)OP(=O)(O)OP(C)(=O)O)C(C)C1(C)C.C=C1CCC=CN1C1OC(COP(=O)(O)OP(=O)(O)OP(C)(=O)O)C(C)C1(C)C. The van der Waals surface area contributed by atoms with Gasteiger partial charge in [-0.2, -0.15) is 25.9 Å². The van der Waals surface area contributed by atoms with Crippen LogP contribution in [0.2, 0.25) is 0 Å². The van der Waals surface area contributed by atoms with E-state index in [0.717, 1.165) is 70.9 Å². The molecule has 29 atom stereocenters. The van der Waals surface area contributed by atoms with Crippen LogP contribution in [-0.4, -0.2) is 224 Å². The van der Waals surface area contributed by atoms with Gasteiger partial charge in [-0.05, 0) is 110 Å². The van der Waals surface area contributed by atoms with Crippen molar-refractivity contribution in [1.29, 1.82) is 0 Å². The first-order valence-corrected chi connectivity index (χ1v) is 69.3. The van der Waals surface area contributed by atoms with Crippen LogP contribution >= 0.6 is 116 Å². The Kier molecular flexibility index (Phi) is 45.8. The van der Waals surface area contributed by atoms with E-state index in [9.17, 15) is 117 Å². The third-order valence-electron chi connectivity index (χ3n) is 25.4. The molecule has 858 valence electrons. The molecule has 0 aromatic carbocycles. The van der Waals surface area contributed by atoms with Gasteiger partial charge in [-0.25, -0.2) is 67.5 Å². The highest BCUT2D eigenvalue weighted by Gasteiger charge is 2.59. The molecular formula is C78H140N5O51P15. The van der Waals surface area contributed by atoms with E-state index in [4.69, 9.17) is 75.7 Å². The summed E-state index contributed by atoms with van der Waals surface area (Å²) < 4.78 is 267. The first-order chi connectivity index (χ1) is 66.8. The van der Waals surface area contributed by atoms with Crippen LogP contribution in [0.3, 0.4) is 0 Å². The third kappa shape index (κ3) is 41.0. The minimum absolute atomic E-state index is 0.124. The molecule has 5 saturated heterocycles. The van der Waals surface area contributed by atoms with Gasteiger partial charge in [0.2, 0.25) is 0 Å². The van der Waals surface area contributed by atoms with Gasteiger partial charge in [0.15, 0.2) is 0 Å². The monoisotopic (exact) mass is 2430 g/mol. The zero-order valence-electron chi connectivity index (χ0n) is 85.6. The minimum atomic E-state index is -5.57. The summed E-state index contributed by atoms with van der Waals surface area (Å²) in [4.78, 5) is 158. The van der Waals surface area contributed by atoms with E-state index in [1.807, 2.05) is 197 Å². The van der Waals surface area contributed by atoms with Gasteiger partial charge in [0.25, 0.3) is 0 Å². The van der Waals surface area contributed by atoms with Crippen molar-refractivity contribution in [2.45, 2.75) is 218 Å². The fraction of sp³-hybridized carbons (Fsp3) is 0.667. The molecule has 10 heterocycles. The predicted octanol–water partition coefficient (Wildman–Crippen LogP) is 18.0. The summed E-state index contributed by atoms with van der Waals surface area (Å²) >= 11 is 0. The van der Waals surface area contributed by atoms with E-state index >= 15 is 0 Å². The van der Waals surface area contributed by atoms with Crippen LogP contribution in [0.4, 0.5) is 0 Å². The number of ether oxygens (including phenoxy) is 5. The lowest BCUT2D eigenvalue weighted by molar-refractivity contribution is -0.0670. The normalized spacial score (nSPS) is 32.3. The maximum absolute atomic E-state index is 12.1. The van der Waals surface area contributed by atoms with Gasteiger partial charge in [-0.15, -0.1) is 0 Å². The topological polar surface area (TPSA) is 781 Å². The quantitative estimate of drug-likeness (QED) is 0.0253. The molecule has 56 nitrogen and oxygen atoms in total. The first-order valence-electron chi connectivity index (χ1n) is 44.7. The summed E-state index contributed by atoms with van der Waals surface area (Å²) in [5.74, 6) is -0.751. The van der Waals surface area contributed by atoms with E-state index in [-0.39, 0.29) is 46.6 Å². The average Bonchev–Trinajstić information content (AvgIpc) is 1.63. The van der Waals surface area contributed by atoms with Gasteiger partial charge < -0.3 is 126 Å². The Bertz CT molecular complexity index is 5780. The lowest BCUT2D eigenvalue weighted by Crippen LogP contribution is -2.42. The van der Waals surface area contributed by atoms with Crippen LogP contribution in [0.5, 0.6) is 0 Å². The maximum Gasteiger partial charge on any atom is 0.490 e. The van der Waals surface area contributed by atoms with E-state index in [0.29, 0.717) is 39.5 Å². The van der Waals surface area contributed by atoms with Crippen LogP contribution in [0.25, 0.3) is 0 Å². The Morgan fingerprint density at radius 3 is 0.785 bits per heavy atom. The smallest absolute Gasteiger partial charge is 0.352 e. The molecule has 0 saturated carbocycles. The van der Waals surface area contributed by atoms with Crippen molar-refractivity contribution >= 4 is 116 Å². The molecule has 0 aliphatic carbocycles. The molecule has 0 aromatic rings. The van der Waals surface area contributed by atoms with Gasteiger partial charge in [-0.1, -0.05) is 162 Å². The molecule has 0 aromatic heterocycles. The molecule has 10 rings (SSSR count). The average molecular weight is 2430 g/mol. The number of hydrogen-bond acceptors (Lipinski definition) is 40. The van der Waals surface area contributed by atoms with E-state index in [1.54, 1.807) is 6.20 Å². The Morgan fingerprint density at radius 2 is 0.544 bits per heavy atom. The molecule has 0 radical (unpaired) electrons. The summed E-state index contributed by atoms with van der Waals surface area (Å²) in [7, 11) is -75.6. The van der Waals surface area contributed by atoms with E-state index in [2.05, 4.69) is 89.2 Å². The summed E-state index contributed by atoms with van der Waals surface area (Å²) in [6.45, 7) is 61.4. The molecule has 5 fully saturated rings. The molecule has 0 amide bonds. The molecule has 149 heavy (non-hydrogen) atoms. The summed E-state index contributed by atoms with van der Waals surface area (Å²) in [6.07, 6.45) is 17.9. The van der Waals surface area contributed by atoms with Crippen molar-refractivity contribution in [2.24, 2.45) is 56.7 Å². The van der Waals surface area contributed by atoms with Crippen LogP contribution in [0.1, 0.15) is 156 Å². The second-order valence-electron chi connectivity index (χ2n) is 39.6. The van der Waals surface area contributed by atoms with Crippen molar-refractivity contribution in [2.75, 3.05) is 59.7 Å². The number of allylic oxidation sites excluding steroid dienone is 11. The zero-order valence-corrected chi connectivity index (χ0v) is 99.0. The van der Waals surface area contributed by atoms with E-state index in [1.165, 1.54) is 5.57 Å². The lowest BCUT2D eigenvalue weighted by atomic mass is 9.77. The zero-order chi connectivity index (χ0) is 115. The summed E-state index contributed by atoms with van der Waals surface area (Å²) in [5.41, 5.74) is 6.05. The van der Waals surface area contributed by atoms with Gasteiger partial charge in [0.05, 0.1) is 63.6 Å². The Morgan fingerprint density at radius 1 is 0.309 bits per heavy atom. The molecule has 16 N–H and O–H groups in total. The molecular weight excluding hydrogens is 2290 g/mol. The van der Waals surface area contributed by atoms with Crippen LogP contribution in [-0.2, 0) is 158 Å². The van der Waals surface area contributed by atoms with Crippen LogP contribution in [0.15, 0.2) is 158 Å². The number of phosphoric ester groups is 5. The van der Waals surface area contributed by atoms with Crippen molar-refractivity contribution in [3.63, 3.8) is 0 Å². The minimum Gasteiger partial charge on any atom is -0.352 e. The second-order valence-corrected chi connectivity index (χ2v) is 64.2. The lowest BCUT2D eigenvalue weighted by Gasteiger charge is -2.40. The van der Waals surface area contributed by atoms with E-state index < -0.39 is 221 Å². The molecule has 71 heteroatoms. The van der Waals surface area contributed by atoms with Gasteiger partial charge in [0.1, 0.15) is 31.1 Å². The second kappa shape index (κ2) is 50.5. The molecule has 10 aliphatic heterocycles. The predicted molar refractivity (Wildman–Crippen MR) is 537 cm³/mol. The van der Waals surface area contributed by atoms with Gasteiger partial charge >= 0.3 is 116 Å². The van der Waals surface area contributed by atoms with Crippen molar-refractivity contribution < 1.29 is 236 Å². The van der Waals surface area contributed by atoms with Crippen LogP contribution < -0.4 is 0 Å². The fourth-order valence-corrected chi connectivity index (χ4v) is 33.2. The van der Waals surface area contributed by atoms with Crippen molar-refractivity contribution in [3.05, 3.63) is 158 Å². The molecule has 0 bridgehead atoms. The standard InChI is InChI=1S/2C16H28NO10P3.C16H30NO10P3.C15H26NO11P3.C15H28NO10P3/c2*1-11-7-8-17(12(2)9-11)15-16(4,5)13(3)14(25-15)10-24-29(20,21)27-30(22,23)26-28(6,18)19;1-11-7-8-12(2)17(9-11)15-16(4,5)13(3)14(25-15)10-24-29(20,21)27-30(22,23)26-28(6,18)19;1-10-6-7-16(11(2)8-10)14-15(4,5)12(3)13(25-14)9-24-29(20,21)27-30(22,23)26-28(17,18)19;1-11-8-6-7-9-16(11)14-15(3,4)12(2)13(24-14)10-23-28(19,20)26-29(21,22)25-27(5,17)18/h7-9,13-15H,2,10H2,1,3-6H3,(H,18,19)(H,20,21)(H,22,23);7-8,13-15H,1-2,9-10H2,3-6H3,(H,18,19)(H,20,21)(H,22,23);9,13-15H,2,7-8,10H2,1,3-6H3,(H,18,19)(H,20,21)(H,22,23);6-7,12-14H,1-2,8-9H2,3-5H3,(H,20,21)(H,22,23)(H2,17,18,19);7,9,12-14H,1,6,8,10H2,2-5H3,(H,17,18)(H,19,20)(H,21,22). The van der Waals surface area contributed by atoms with Gasteiger partial charge in [0, 0.05) is 126 Å². The van der Waals surface area contributed by atoms with Crippen molar-refractivity contribution in [3.8, 4) is 0 Å². The first kappa shape index (κ1) is 135. The number of hydrogen-bond donors (Lipinski definition) is 16.